The third kappa shape index (κ3) is 5.22. The molecule has 134 valence electrons. The van der Waals surface area contributed by atoms with Crippen molar-refractivity contribution < 1.29 is 9.59 Å². The summed E-state index contributed by atoms with van der Waals surface area (Å²) in [5, 5.41) is 13.0. The quantitative estimate of drug-likeness (QED) is 0.820. The molecule has 5 nitrogen and oxygen atoms in total. The summed E-state index contributed by atoms with van der Waals surface area (Å²) in [7, 11) is 0. The number of nitriles is 1. The van der Waals surface area contributed by atoms with Gasteiger partial charge >= 0.3 is 0 Å². The van der Waals surface area contributed by atoms with Crippen molar-refractivity contribution >= 4 is 40.7 Å². The van der Waals surface area contributed by atoms with Crippen molar-refractivity contribution in [3.05, 3.63) is 63.6 Å². The fraction of sp³-hybridized carbons (Fsp3) is 0.211. The van der Waals surface area contributed by atoms with Crippen molar-refractivity contribution in [2.24, 2.45) is 0 Å². The Hall–Kier alpha value is -2.55. The van der Waals surface area contributed by atoms with Gasteiger partial charge in [-0.15, -0.1) is 0 Å². The largest absolute Gasteiger partial charge is 0.354 e. The lowest BCUT2D eigenvalue weighted by Gasteiger charge is -2.21. The molecule has 0 aliphatic rings. The summed E-state index contributed by atoms with van der Waals surface area (Å²) in [6.07, 6.45) is 0.538. The van der Waals surface area contributed by atoms with Gasteiger partial charge in [-0.1, -0.05) is 41.4 Å². The second-order valence-electron chi connectivity index (χ2n) is 5.57. The number of carbonyl (C=O) groups is 2. The summed E-state index contributed by atoms with van der Waals surface area (Å²) in [6, 6.07) is 13.9. The van der Waals surface area contributed by atoms with Crippen LogP contribution in [0, 0.1) is 11.3 Å². The van der Waals surface area contributed by atoms with E-state index in [4.69, 9.17) is 23.2 Å². The topological polar surface area (TPSA) is 73.2 Å². The van der Waals surface area contributed by atoms with Crippen LogP contribution in [0.25, 0.3) is 0 Å². The first kappa shape index (κ1) is 19.8. The Labute approximate surface area is 162 Å². The number of rotatable bonds is 6. The Balaban J connectivity index is 1.98. The Bertz CT molecular complexity index is 862. The van der Waals surface area contributed by atoms with E-state index in [9.17, 15) is 14.9 Å². The second-order valence-corrected chi connectivity index (χ2v) is 6.41. The molecule has 7 heteroatoms. The summed E-state index contributed by atoms with van der Waals surface area (Å²) >= 11 is 12.0. The van der Waals surface area contributed by atoms with E-state index < -0.39 is 0 Å². The maximum Gasteiger partial charge on any atom is 0.240 e. The number of amides is 2. The molecule has 2 rings (SSSR count). The number of anilines is 1. The van der Waals surface area contributed by atoms with E-state index in [2.05, 4.69) is 5.32 Å². The van der Waals surface area contributed by atoms with Crippen LogP contribution >= 0.6 is 23.2 Å². The minimum atomic E-state index is -0.321. The van der Waals surface area contributed by atoms with Crippen LogP contribution in [0.2, 0.25) is 10.0 Å². The zero-order chi connectivity index (χ0) is 19.1. The molecule has 0 spiro atoms. The highest BCUT2D eigenvalue weighted by Crippen LogP contribution is 2.21. The Morgan fingerprint density at radius 3 is 2.58 bits per heavy atom. The van der Waals surface area contributed by atoms with Gasteiger partial charge in [0.25, 0.3) is 0 Å². The first-order valence-corrected chi connectivity index (χ1v) is 8.66. The number of nitrogens with one attached hydrogen (secondary N) is 1. The number of hydrogen-bond donors (Lipinski definition) is 1. The highest BCUT2D eigenvalue weighted by molar-refractivity contribution is 6.35. The molecule has 1 N–H and O–H groups in total. The first-order valence-electron chi connectivity index (χ1n) is 7.90. The SMILES string of the molecule is CC(=O)N(CC(=O)NCCc1ccc(Cl)cc1Cl)c1ccccc1C#N. The molecule has 0 unspecified atom stereocenters. The van der Waals surface area contributed by atoms with Gasteiger partial charge in [-0.2, -0.15) is 5.26 Å². The summed E-state index contributed by atoms with van der Waals surface area (Å²) in [5.74, 6) is -0.637. The smallest absolute Gasteiger partial charge is 0.240 e. The van der Waals surface area contributed by atoms with Crippen LogP contribution in [0.3, 0.4) is 0 Å². The molecule has 0 saturated heterocycles. The lowest BCUT2D eigenvalue weighted by atomic mass is 10.1. The predicted octanol–water partition coefficient (Wildman–Crippen LogP) is 3.58. The first-order chi connectivity index (χ1) is 12.4. The van der Waals surface area contributed by atoms with E-state index in [1.165, 1.54) is 11.8 Å². The molecule has 0 aliphatic heterocycles. The summed E-state index contributed by atoms with van der Waals surface area (Å²) < 4.78 is 0. The summed E-state index contributed by atoms with van der Waals surface area (Å²) in [6.45, 7) is 1.56. The number of carbonyl (C=O) groups excluding carboxylic acids is 2. The fourth-order valence-electron chi connectivity index (χ4n) is 2.43. The van der Waals surface area contributed by atoms with Crippen molar-refractivity contribution in [2.75, 3.05) is 18.0 Å². The van der Waals surface area contributed by atoms with E-state index in [1.807, 2.05) is 12.1 Å². The van der Waals surface area contributed by atoms with E-state index in [-0.39, 0.29) is 18.4 Å². The van der Waals surface area contributed by atoms with Crippen molar-refractivity contribution in [1.29, 1.82) is 5.26 Å². The minimum Gasteiger partial charge on any atom is -0.354 e. The number of halogens is 2. The lowest BCUT2D eigenvalue weighted by Crippen LogP contribution is -2.40. The van der Waals surface area contributed by atoms with Gasteiger partial charge in [-0.05, 0) is 36.2 Å². The number of para-hydroxylation sites is 1. The molecule has 2 aromatic rings. The van der Waals surface area contributed by atoms with Gasteiger partial charge in [0, 0.05) is 23.5 Å². The van der Waals surface area contributed by atoms with Gasteiger partial charge in [-0.25, -0.2) is 0 Å². The third-order valence-electron chi connectivity index (χ3n) is 3.73. The maximum absolute atomic E-state index is 12.2. The van der Waals surface area contributed by atoms with Crippen molar-refractivity contribution in [3.63, 3.8) is 0 Å². The second kappa shape index (κ2) is 9.23. The standard InChI is InChI=1S/C19H17Cl2N3O2/c1-13(25)24(18-5-3-2-4-15(18)11-22)12-19(26)23-9-8-14-6-7-16(20)10-17(14)21/h2-7,10H,8-9,12H2,1H3,(H,23,26). The van der Waals surface area contributed by atoms with E-state index in [0.717, 1.165) is 5.56 Å². The molecule has 0 radical (unpaired) electrons. The fourth-order valence-corrected chi connectivity index (χ4v) is 2.93. The molecular weight excluding hydrogens is 373 g/mol. The molecular formula is C19H17Cl2N3O2. The number of benzene rings is 2. The highest BCUT2D eigenvalue weighted by atomic mass is 35.5. The molecule has 2 amide bonds. The van der Waals surface area contributed by atoms with Crippen LogP contribution in [0.1, 0.15) is 18.1 Å². The zero-order valence-electron chi connectivity index (χ0n) is 14.1. The van der Waals surface area contributed by atoms with Crippen LogP contribution in [0.15, 0.2) is 42.5 Å². The van der Waals surface area contributed by atoms with E-state index in [0.29, 0.717) is 34.3 Å². The Morgan fingerprint density at radius 1 is 1.19 bits per heavy atom. The number of nitrogens with zero attached hydrogens (tertiary/aromatic N) is 2. The van der Waals surface area contributed by atoms with Crippen LogP contribution in [0.4, 0.5) is 5.69 Å². The van der Waals surface area contributed by atoms with Gasteiger partial charge in [0.05, 0.1) is 11.3 Å². The van der Waals surface area contributed by atoms with Crippen molar-refractivity contribution in [3.8, 4) is 6.07 Å². The normalized spacial score (nSPS) is 10.1. The summed E-state index contributed by atoms with van der Waals surface area (Å²) in [5.41, 5.74) is 1.62. The van der Waals surface area contributed by atoms with Gasteiger partial charge in [-0.3, -0.25) is 9.59 Å². The minimum absolute atomic E-state index is 0.164. The molecule has 0 fully saturated rings. The third-order valence-corrected chi connectivity index (χ3v) is 4.32. The van der Waals surface area contributed by atoms with Crippen molar-refractivity contribution in [1.82, 2.24) is 5.32 Å². The van der Waals surface area contributed by atoms with Crippen LogP contribution in [-0.4, -0.2) is 24.9 Å². The lowest BCUT2D eigenvalue weighted by molar-refractivity contribution is -0.123. The predicted molar refractivity (Wildman–Crippen MR) is 102 cm³/mol. The average molecular weight is 390 g/mol. The molecule has 0 saturated carbocycles. The maximum atomic E-state index is 12.2. The van der Waals surface area contributed by atoms with Crippen LogP contribution in [-0.2, 0) is 16.0 Å². The molecule has 0 aromatic heterocycles. The molecule has 0 atom stereocenters. The monoisotopic (exact) mass is 389 g/mol. The highest BCUT2D eigenvalue weighted by Gasteiger charge is 2.18. The van der Waals surface area contributed by atoms with E-state index in [1.54, 1.807) is 36.4 Å². The molecule has 2 aromatic carbocycles. The van der Waals surface area contributed by atoms with Gasteiger partial charge < -0.3 is 10.2 Å². The average Bonchev–Trinajstić information content (AvgIpc) is 2.61. The van der Waals surface area contributed by atoms with Gasteiger partial charge in [0.1, 0.15) is 12.6 Å². The molecule has 0 heterocycles. The molecule has 0 bridgehead atoms. The Kier molecular flexibility index (Phi) is 7.02. The van der Waals surface area contributed by atoms with E-state index >= 15 is 0 Å². The number of hydrogen-bond acceptors (Lipinski definition) is 3. The van der Waals surface area contributed by atoms with Crippen LogP contribution < -0.4 is 10.2 Å². The van der Waals surface area contributed by atoms with Gasteiger partial charge in [0.2, 0.25) is 11.8 Å². The molecule has 26 heavy (non-hydrogen) atoms. The Morgan fingerprint density at radius 2 is 1.92 bits per heavy atom. The van der Waals surface area contributed by atoms with Gasteiger partial charge in [0.15, 0.2) is 0 Å². The molecule has 0 aliphatic carbocycles. The van der Waals surface area contributed by atoms with Crippen molar-refractivity contribution in [2.45, 2.75) is 13.3 Å². The van der Waals surface area contributed by atoms with Crippen LogP contribution in [0.5, 0.6) is 0 Å². The zero-order valence-corrected chi connectivity index (χ0v) is 15.6. The summed E-state index contributed by atoms with van der Waals surface area (Å²) in [4.78, 5) is 25.4.